The number of halogens is 4. The van der Waals surface area contributed by atoms with Crippen molar-refractivity contribution in [3.63, 3.8) is 0 Å². The molecule has 0 aliphatic heterocycles. The Hall–Kier alpha value is -1.94. The first kappa shape index (κ1) is 19.4. The van der Waals surface area contributed by atoms with Gasteiger partial charge >= 0.3 is 6.18 Å². The highest BCUT2D eigenvalue weighted by atomic mass is 79.9. The molecule has 0 unspecified atom stereocenters. The van der Waals surface area contributed by atoms with Gasteiger partial charge in [-0.05, 0) is 46.3 Å². The van der Waals surface area contributed by atoms with Crippen LogP contribution >= 0.6 is 15.9 Å². The van der Waals surface area contributed by atoms with E-state index in [-0.39, 0.29) is 20.8 Å². The van der Waals surface area contributed by atoms with Gasteiger partial charge < -0.3 is 9.47 Å². The predicted molar refractivity (Wildman–Crippen MR) is 89.5 cm³/mol. The monoisotopic (exact) mass is 439 g/mol. The second kappa shape index (κ2) is 7.12. The van der Waals surface area contributed by atoms with Crippen molar-refractivity contribution in [2.24, 2.45) is 0 Å². The molecule has 136 valence electrons. The first-order valence-corrected chi connectivity index (χ1v) is 8.97. The number of rotatable bonds is 5. The third kappa shape index (κ3) is 4.37. The molecule has 2 aromatic rings. The fourth-order valence-corrected chi connectivity index (χ4v) is 4.07. The number of alkyl halides is 3. The molecule has 0 amide bonds. The number of methoxy groups -OCH3 is 2. The molecular formula is C15H13BrF3NO4S. The largest absolute Gasteiger partial charge is 0.493 e. The van der Waals surface area contributed by atoms with Crippen LogP contribution in [0.5, 0.6) is 11.5 Å². The zero-order chi connectivity index (χ0) is 18.8. The fraction of sp³-hybridized carbons (Fsp3) is 0.200. The van der Waals surface area contributed by atoms with E-state index in [1.807, 2.05) is 0 Å². The Bertz CT molecular complexity index is 868. The van der Waals surface area contributed by atoms with Crippen LogP contribution in [0.2, 0.25) is 0 Å². The molecule has 2 aromatic carbocycles. The van der Waals surface area contributed by atoms with Crippen LogP contribution in [-0.4, -0.2) is 22.6 Å². The van der Waals surface area contributed by atoms with Gasteiger partial charge in [-0.15, -0.1) is 0 Å². The van der Waals surface area contributed by atoms with Crippen molar-refractivity contribution in [3.05, 3.63) is 46.4 Å². The van der Waals surface area contributed by atoms with E-state index in [1.165, 1.54) is 26.4 Å². The molecule has 0 fully saturated rings. The van der Waals surface area contributed by atoms with Crippen LogP contribution in [-0.2, 0) is 16.2 Å². The summed E-state index contributed by atoms with van der Waals surface area (Å²) in [6.07, 6.45) is -4.50. The van der Waals surface area contributed by atoms with Crippen molar-refractivity contribution in [2.75, 3.05) is 18.9 Å². The predicted octanol–water partition coefficient (Wildman–Crippen LogP) is 4.29. The minimum atomic E-state index is -4.50. The van der Waals surface area contributed by atoms with Gasteiger partial charge in [0.1, 0.15) is 4.90 Å². The molecule has 10 heteroatoms. The Morgan fingerprint density at radius 2 is 1.52 bits per heavy atom. The summed E-state index contributed by atoms with van der Waals surface area (Å²) in [5.41, 5.74) is -0.877. The molecule has 0 saturated heterocycles. The molecule has 0 aliphatic rings. The van der Waals surface area contributed by atoms with Crippen LogP contribution in [0.3, 0.4) is 0 Å². The zero-order valence-electron chi connectivity index (χ0n) is 13.0. The SMILES string of the molecule is COc1cc(Br)c(S(=O)(=O)Nc2ccc(C(F)(F)F)cc2)cc1OC. The summed E-state index contributed by atoms with van der Waals surface area (Å²) >= 11 is 3.13. The standard InChI is InChI=1S/C15H13BrF3NO4S/c1-23-12-7-11(16)14(8-13(12)24-2)25(21,22)20-10-5-3-9(4-6-10)15(17,18)19/h3-8,20H,1-2H3. The fourth-order valence-electron chi connectivity index (χ4n) is 1.98. The van der Waals surface area contributed by atoms with E-state index in [2.05, 4.69) is 20.7 Å². The van der Waals surface area contributed by atoms with Crippen LogP contribution < -0.4 is 14.2 Å². The number of ether oxygens (including phenoxy) is 2. The van der Waals surface area contributed by atoms with Crippen molar-refractivity contribution in [1.82, 2.24) is 0 Å². The van der Waals surface area contributed by atoms with Gasteiger partial charge in [0.25, 0.3) is 10.0 Å². The molecule has 0 bridgehead atoms. The summed E-state index contributed by atoms with van der Waals surface area (Å²) in [4.78, 5) is -0.148. The number of hydrogen-bond acceptors (Lipinski definition) is 4. The van der Waals surface area contributed by atoms with Crippen LogP contribution in [0, 0.1) is 0 Å². The van der Waals surface area contributed by atoms with E-state index in [9.17, 15) is 21.6 Å². The first-order valence-electron chi connectivity index (χ1n) is 6.70. The number of nitrogens with one attached hydrogen (secondary N) is 1. The minimum absolute atomic E-state index is 0.00492. The van der Waals surface area contributed by atoms with Crippen molar-refractivity contribution < 1.29 is 31.1 Å². The Kier molecular flexibility index (Phi) is 5.52. The Morgan fingerprint density at radius 1 is 1.00 bits per heavy atom. The molecule has 0 spiro atoms. The summed E-state index contributed by atoms with van der Waals surface area (Å²) in [6, 6.07) is 6.32. The van der Waals surface area contributed by atoms with Gasteiger partial charge in [-0.1, -0.05) is 0 Å². The number of anilines is 1. The molecular weight excluding hydrogens is 427 g/mol. The molecule has 0 saturated carbocycles. The van der Waals surface area contributed by atoms with Gasteiger partial charge in [0.2, 0.25) is 0 Å². The van der Waals surface area contributed by atoms with E-state index in [4.69, 9.17) is 9.47 Å². The van der Waals surface area contributed by atoms with E-state index in [0.717, 1.165) is 24.3 Å². The molecule has 2 rings (SSSR count). The van der Waals surface area contributed by atoms with Gasteiger partial charge in [0, 0.05) is 16.2 Å². The van der Waals surface area contributed by atoms with E-state index >= 15 is 0 Å². The summed E-state index contributed by atoms with van der Waals surface area (Å²) < 4.78 is 75.3. The number of benzene rings is 2. The van der Waals surface area contributed by atoms with Crippen LogP contribution in [0.1, 0.15) is 5.56 Å². The first-order chi connectivity index (χ1) is 11.6. The lowest BCUT2D eigenvalue weighted by molar-refractivity contribution is -0.137. The number of hydrogen-bond donors (Lipinski definition) is 1. The highest BCUT2D eigenvalue weighted by Crippen LogP contribution is 2.36. The van der Waals surface area contributed by atoms with Crippen molar-refractivity contribution in [1.29, 1.82) is 0 Å². The van der Waals surface area contributed by atoms with E-state index in [1.54, 1.807) is 0 Å². The van der Waals surface area contributed by atoms with Crippen molar-refractivity contribution in [3.8, 4) is 11.5 Å². The number of sulfonamides is 1. The van der Waals surface area contributed by atoms with Gasteiger partial charge in [0.15, 0.2) is 11.5 Å². The van der Waals surface area contributed by atoms with Crippen molar-refractivity contribution >= 4 is 31.6 Å². The van der Waals surface area contributed by atoms with Crippen LogP contribution in [0.15, 0.2) is 45.8 Å². The smallest absolute Gasteiger partial charge is 0.416 e. The zero-order valence-corrected chi connectivity index (χ0v) is 15.4. The summed E-state index contributed by atoms with van der Waals surface area (Å²) in [6.45, 7) is 0. The normalized spacial score (nSPS) is 11.9. The Labute approximate surface area is 150 Å². The third-order valence-electron chi connectivity index (χ3n) is 3.19. The van der Waals surface area contributed by atoms with Crippen LogP contribution in [0.25, 0.3) is 0 Å². The lowest BCUT2D eigenvalue weighted by Crippen LogP contribution is -2.14. The van der Waals surface area contributed by atoms with Crippen molar-refractivity contribution in [2.45, 2.75) is 11.1 Å². The topological polar surface area (TPSA) is 64.6 Å². The molecule has 0 atom stereocenters. The van der Waals surface area contributed by atoms with Crippen LogP contribution in [0.4, 0.5) is 18.9 Å². The summed E-state index contributed by atoms with van der Waals surface area (Å²) in [5.74, 6) is 0.515. The highest BCUT2D eigenvalue weighted by Gasteiger charge is 2.30. The maximum Gasteiger partial charge on any atom is 0.416 e. The minimum Gasteiger partial charge on any atom is -0.493 e. The average molecular weight is 440 g/mol. The lowest BCUT2D eigenvalue weighted by Gasteiger charge is -2.14. The quantitative estimate of drug-likeness (QED) is 0.754. The van der Waals surface area contributed by atoms with Gasteiger partial charge in [-0.3, -0.25) is 4.72 Å². The van der Waals surface area contributed by atoms with E-state index in [0.29, 0.717) is 5.75 Å². The Morgan fingerprint density at radius 3 is 2.00 bits per heavy atom. The molecule has 1 N–H and O–H groups in total. The second-order valence-corrected chi connectivity index (χ2v) is 7.32. The molecule has 0 aliphatic carbocycles. The molecule has 25 heavy (non-hydrogen) atoms. The average Bonchev–Trinajstić information content (AvgIpc) is 2.53. The van der Waals surface area contributed by atoms with Gasteiger partial charge in [0.05, 0.1) is 19.8 Å². The maximum absolute atomic E-state index is 12.6. The molecule has 0 aromatic heterocycles. The van der Waals surface area contributed by atoms with E-state index < -0.39 is 21.8 Å². The Balaban J connectivity index is 2.36. The van der Waals surface area contributed by atoms with Gasteiger partial charge in [-0.25, -0.2) is 8.42 Å². The molecule has 5 nitrogen and oxygen atoms in total. The highest BCUT2D eigenvalue weighted by molar-refractivity contribution is 9.10. The molecule has 0 heterocycles. The lowest BCUT2D eigenvalue weighted by atomic mass is 10.2. The maximum atomic E-state index is 12.6. The van der Waals surface area contributed by atoms with Gasteiger partial charge in [-0.2, -0.15) is 13.2 Å². The molecule has 0 radical (unpaired) electrons. The summed E-state index contributed by atoms with van der Waals surface area (Å²) in [7, 11) is -1.31. The third-order valence-corrected chi connectivity index (χ3v) is 5.53. The summed E-state index contributed by atoms with van der Waals surface area (Å²) in [5, 5.41) is 0. The second-order valence-electron chi connectivity index (χ2n) is 4.82.